The van der Waals surface area contributed by atoms with Crippen LogP contribution in [0.2, 0.25) is 0 Å². The zero-order valence-corrected chi connectivity index (χ0v) is 12.3. The maximum absolute atomic E-state index is 14.4. The van der Waals surface area contributed by atoms with Gasteiger partial charge in [-0.1, -0.05) is 37.3 Å². The molecule has 20 heavy (non-hydrogen) atoms. The van der Waals surface area contributed by atoms with Crippen LogP contribution in [-0.2, 0) is 5.92 Å². The summed E-state index contributed by atoms with van der Waals surface area (Å²) in [6.07, 6.45) is 1.86. The minimum atomic E-state index is -2.79. The topological polar surface area (TPSA) is 15.3 Å². The molecule has 0 radical (unpaired) electrons. The van der Waals surface area contributed by atoms with Crippen LogP contribution in [0.1, 0.15) is 32.3 Å². The molecule has 2 rings (SSSR count). The van der Waals surface area contributed by atoms with E-state index in [0.717, 1.165) is 25.9 Å². The number of hydrogen-bond donors (Lipinski definition) is 1. The summed E-state index contributed by atoms with van der Waals surface area (Å²) in [6.45, 7) is 6.32. The molecule has 1 aromatic rings. The van der Waals surface area contributed by atoms with E-state index in [1.165, 1.54) is 12.1 Å². The number of rotatable bonds is 4. The fraction of sp³-hybridized carbons (Fsp3) is 0.625. The monoisotopic (exact) mass is 282 g/mol. The van der Waals surface area contributed by atoms with E-state index in [-0.39, 0.29) is 17.6 Å². The van der Waals surface area contributed by atoms with Crippen molar-refractivity contribution in [3.63, 3.8) is 0 Å². The standard InChI is InChI=1S/C16H24F2N2/c1-3-15(2)12-20(11-7-10-19-15)13-16(17,18)14-8-5-4-6-9-14/h4-6,8-9,19H,3,7,10-13H2,1-2H3. The predicted octanol–water partition coefficient (Wildman–Crippen LogP) is 3.24. The Labute approximate surface area is 120 Å². The molecule has 1 unspecified atom stereocenters. The van der Waals surface area contributed by atoms with Crippen molar-refractivity contribution in [2.24, 2.45) is 0 Å². The average Bonchev–Trinajstić information content (AvgIpc) is 2.62. The molecule has 112 valence electrons. The number of halogens is 2. The van der Waals surface area contributed by atoms with E-state index in [4.69, 9.17) is 0 Å². The molecule has 2 nitrogen and oxygen atoms in total. The van der Waals surface area contributed by atoms with Crippen molar-refractivity contribution >= 4 is 0 Å². The van der Waals surface area contributed by atoms with Gasteiger partial charge in [0.15, 0.2) is 0 Å². The highest BCUT2D eigenvalue weighted by Crippen LogP contribution is 2.30. The van der Waals surface area contributed by atoms with Crippen LogP contribution in [0, 0.1) is 0 Å². The van der Waals surface area contributed by atoms with E-state index < -0.39 is 5.92 Å². The Morgan fingerprint density at radius 2 is 2.00 bits per heavy atom. The van der Waals surface area contributed by atoms with Crippen molar-refractivity contribution in [1.29, 1.82) is 0 Å². The van der Waals surface area contributed by atoms with E-state index in [2.05, 4.69) is 19.2 Å². The quantitative estimate of drug-likeness (QED) is 0.912. The van der Waals surface area contributed by atoms with Gasteiger partial charge < -0.3 is 5.32 Å². The molecule has 1 aliphatic heterocycles. The molecule has 1 N–H and O–H groups in total. The minimum Gasteiger partial charge on any atom is -0.310 e. The Kier molecular flexibility index (Phi) is 4.76. The highest BCUT2D eigenvalue weighted by molar-refractivity contribution is 5.20. The number of hydrogen-bond acceptors (Lipinski definition) is 2. The van der Waals surface area contributed by atoms with Gasteiger partial charge in [0.05, 0.1) is 6.54 Å². The summed E-state index contributed by atoms with van der Waals surface area (Å²) in [5, 5.41) is 3.48. The van der Waals surface area contributed by atoms with Gasteiger partial charge in [0.2, 0.25) is 0 Å². The van der Waals surface area contributed by atoms with Crippen LogP contribution >= 0.6 is 0 Å². The zero-order chi connectivity index (χ0) is 14.6. The Morgan fingerprint density at radius 1 is 1.30 bits per heavy atom. The molecular weight excluding hydrogens is 258 g/mol. The Bertz CT molecular complexity index is 422. The van der Waals surface area contributed by atoms with Crippen LogP contribution < -0.4 is 5.32 Å². The highest BCUT2D eigenvalue weighted by atomic mass is 19.3. The largest absolute Gasteiger partial charge is 0.310 e. The van der Waals surface area contributed by atoms with Crippen molar-refractivity contribution in [2.75, 3.05) is 26.2 Å². The molecule has 1 aromatic carbocycles. The lowest BCUT2D eigenvalue weighted by molar-refractivity contribution is -0.0407. The molecule has 4 heteroatoms. The maximum Gasteiger partial charge on any atom is 0.285 e. The van der Waals surface area contributed by atoms with Crippen molar-refractivity contribution < 1.29 is 8.78 Å². The van der Waals surface area contributed by atoms with Crippen LogP contribution in [0.5, 0.6) is 0 Å². The molecule has 0 aromatic heterocycles. The Morgan fingerprint density at radius 3 is 2.65 bits per heavy atom. The van der Waals surface area contributed by atoms with Crippen LogP contribution in [0.25, 0.3) is 0 Å². The zero-order valence-electron chi connectivity index (χ0n) is 12.3. The maximum atomic E-state index is 14.4. The van der Waals surface area contributed by atoms with E-state index >= 15 is 0 Å². The molecule has 1 aliphatic rings. The summed E-state index contributed by atoms with van der Waals surface area (Å²) in [6, 6.07) is 8.13. The molecule has 1 heterocycles. The number of nitrogens with zero attached hydrogens (tertiary/aromatic N) is 1. The second kappa shape index (κ2) is 6.19. The molecule has 0 bridgehead atoms. The van der Waals surface area contributed by atoms with Gasteiger partial charge in [-0.3, -0.25) is 4.90 Å². The summed E-state index contributed by atoms with van der Waals surface area (Å²) in [4.78, 5) is 1.90. The van der Waals surface area contributed by atoms with Crippen molar-refractivity contribution in [1.82, 2.24) is 10.2 Å². The lowest BCUT2D eigenvalue weighted by Gasteiger charge is -2.34. The smallest absolute Gasteiger partial charge is 0.285 e. The lowest BCUT2D eigenvalue weighted by Crippen LogP contribution is -2.50. The van der Waals surface area contributed by atoms with Crippen LogP contribution in [-0.4, -0.2) is 36.6 Å². The molecule has 0 amide bonds. The van der Waals surface area contributed by atoms with Crippen molar-refractivity contribution in [3.8, 4) is 0 Å². The minimum absolute atomic E-state index is 0.0662. The van der Waals surface area contributed by atoms with Crippen molar-refractivity contribution in [2.45, 2.75) is 38.2 Å². The predicted molar refractivity (Wildman–Crippen MR) is 78.1 cm³/mol. The first-order chi connectivity index (χ1) is 9.45. The van der Waals surface area contributed by atoms with E-state index in [1.54, 1.807) is 18.2 Å². The molecule has 0 spiro atoms. The third-order valence-corrected chi connectivity index (χ3v) is 4.17. The van der Waals surface area contributed by atoms with Gasteiger partial charge in [-0.2, -0.15) is 8.78 Å². The van der Waals surface area contributed by atoms with Gasteiger partial charge in [-0.15, -0.1) is 0 Å². The van der Waals surface area contributed by atoms with Crippen molar-refractivity contribution in [3.05, 3.63) is 35.9 Å². The summed E-state index contributed by atoms with van der Waals surface area (Å²) in [5.74, 6) is -2.79. The average molecular weight is 282 g/mol. The molecule has 0 saturated carbocycles. The first-order valence-electron chi connectivity index (χ1n) is 7.36. The lowest BCUT2D eigenvalue weighted by atomic mass is 9.98. The van der Waals surface area contributed by atoms with Gasteiger partial charge in [-0.05, 0) is 32.9 Å². The van der Waals surface area contributed by atoms with Gasteiger partial charge in [0.25, 0.3) is 5.92 Å². The summed E-state index contributed by atoms with van der Waals surface area (Å²) < 4.78 is 28.7. The van der Waals surface area contributed by atoms with E-state index in [0.29, 0.717) is 6.54 Å². The first-order valence-corrected chi connectivity index (χ1v) is 7.36. The van der Waals surface area contributed by atoms with Gasteiger partial charge in [-0.25, -0.2) is 0 Å². The Balaban J connectivity index is 2.08. The molecule has 1 fully saturated rings. The summed E-state index contributed by atoms with van der Waals surface area (Å²) in [5.41, 5.74) is 0.0407. The molecule has 0 aliphatic carbocycles. The van der Waals surface area contributed by atoms with Crippen LogP contribution in [0.4, 0.5) is 8.78 Å². The molecule has 1 saturated heterocycles. The summed E-state index contributed by atoms with van der Waals surface area (Å²) in [7, 11) is 0. The van der Waals surface area contributed by atoms with E-state index in [1.807, 2.05) is 4.90 Å². The van der Waals surface area contributed by atoms with Gasteiger partial charge in [0.1, 0.15) is 0 Å². The molecule has 1 atom stereocenters. The second-order valence-corrected chi connectivity index (χ2v) is 5.98. The molecular formula is C16H24F2N2. The van der Waals surface area contributed by atoms with Crippen LogP contribution in [0.15, 0.2) is 30.3 Å². The SMILES string of the molecule is CCC1(C)CN(CC(F)(F)c2ccccc2)CCCN1. The van der Waals surface area contributed by atoms with Gasteiger partial charge in [0, 0.05) is 17.6 Å². The number of nitrogens with one attached hydrogen (secondary N) is 1. The second-order valence-electron chi connectivity index (χ2n) is 5.98. The van der Waals surface area contributed by atoms with Crippen LogP contribution in [0.3, 0.4) is 0 Å². The Hall–Kier alpha value is -1.00. The van der Waals surface area contributed by atoms with Gasteiger partial charge >= 0.3 is 0 Å². The number of benzene rings is 1. The third-order valence-electron chi connectivity index (χ3n) is 4.17. The summed E-state index contributed by atoms with van der Waals surface area (Å²) >= 11 is 0. The normalized spacial score (nSPS) is 25.4. The third kappa shape index (κ3) is 3.76. The fourth-order valence-electron chi connectivity index (χ4n) is 2.75. The highest BCUT2D eigenvalue weighted by Gasteiger charge is 2.36. The first kappa shape index (κ1) is 15.4. The fourth-order valence-corrected chi connectivity index (χ4v) is 2.75. The van der Waals surface area contributed by atoms with E-state index in [9.17, 15) is 8.78 Å². The number of alkyl halides is 2.